The molecule has 0 spiro atoms. The number of aliphatic hydroxyl groups is 1. The summed E-state index contributed by atoms with van der Waals surface area (Å²) in [4.78, 5) is 2.39. The van der Waals surface area contributed by atoms with Crippen molar-refractivity contribution >= 4 is 0 Å². The minimum Gasteiger partial charge on any atom is -0.494 e. The van der Waals surface area contributed by atoms with Crippen LogP contribution in [0, 0.1) is 20.8 Å². The van der Waals surface area contributed by atoms with E-state index in [-0.39, 0.29) is 0 Å². The van der Waals surface area contributed by atoms with Crippen molar-refractivity contribution in [2.24, 2.45) is 0 Å². The second kappa shape index (κ2) is 11.1. The Morgan fingerprint density at radius 3 is 2.41 bits per heavy atom. The molecule has 1 aliphatic heterocycles. The minimum absolute atomic E-state index is 0.338. The SMILES string of the molecule is Cc1ccc(OCC2(O)CCN(Cc3cccc(OCCCn4nc(C)cc4C)c3)CC2)cc1. The molecule has 3 aromatic rings. The van der Waals surface area contributed by atoms with Gasteiger partial charge in [0.2, 0.25) is 0 Å². The average molecular weight is 464 g/mol. The van der Waals surface area contributed by atoms with Crippen LogP contribution < -0.4 is 9.47 Å². The molecule has 0 unspecified atom stereocenters. The Labute approximate surface area is 203 Å². The van der Waals surface area contributed by atoms with Crippen LogP contribution in [0.2, 0.25) is 0 Å². The molecule has 1 saturated heterocycles. The molecule has 34 heavy (non-hydrogen) atoms. The quantitative estimate of drug-likeness (QED) is 0.442. The Morgan fingerprint density at radius 2 is 1.71 bits per heavy atom. The fourth-order valence-electron chi connectivity index (χ4n) is 4.42. The molecule has 4 rings (SSSR count). The number of aryl methyl sites for hydroxylation is 4. The Hall–Kier alpha value is -2.83. The first-order chi connectivity index (χ1) is 16.4. The minimum atomic E-state index is -0.766. The molecule has 1 aromatic heterocycles. The van der Waals surface area contributed by atoms with Gasteiger partial charge in [0.25, 0.3) is 0 Å². The van der Waals surface area contributed by atoms with Crippen molar-refractivity contribution in [1.82, 2.24) is 14.7 Å². The molecule has 1 N–H and O–H groups in total. The third-order valence-corrected chi connectivity index (χ3v) is 6.51. The highest BCUT2D eigenvalue weighted by Crippen LogP contribution is 2.26. The molecule has 0 bridgehead atoms. The molecule has 182 valence electrons. The maximum atomic E-state index is 11.0. The first kappa shape index (κ1) is 24.3. The lowest BCUT2D eigenvalue weighted by atomic mass is 9.92. The van der Waals surface area contributed by atoms with Crippen LogP contribution in [-0.2, 0) is 13.1 Å². The summed E-state index contributed by atoms with van der Waals surface area (Å²) in [6.45, 7) is 10.6. The monoisotopic (exact) mass is 463 g/mol. The summed E-state index contributed by atoms with van der Waals surface area (Å²) in [7, 11) is 0. The van der Waals surface area contributed by atoms with Gasteiger partial charge in [0.05, 0.1) is 12.3 Å². The molecule has 2 heterocycles. The Bertz CT molecular complexity index is 1050. The van der Waals surface area contributed by atoms with Crippen molar-refractivity contribution in [1.29, 1.82) is 0 Å². The predicted octanol–water partition coefficient (Wildman–Crippen LogP) is 4.68. The summed E-state index contributed by atoms with van der Waals surface area (Å²) in [5.41, 5.74) is 3.92. The maximum absolute atomic E-state index is 11.0. The van der Waals surface area contributed by atoms with E-state index in [2.05, 4.69) is 48.1 Å². The second-order valence-corrected chi connectivity index (χ2v) is 9.60. The van der Waals surface area contributed by atoms with Crippen LogP contribution in [0.25, 0.3) is 0 Å². The van der Waals surface area contributed by atoms with Gasteiger partial charge in [0.15, 0.2) is 0 Å². The zero-order valence-electron chi connectivity index (χ0n) is 20.7. The van der Waals surface area contributed by atoms with Gasteiger partial charge < -0.3 is 14.6 Å². The van der Waals surface area contributed by atoms with E-state index in [0.29, 0.717) is 26.1 Å². The van der Waals surface area contributed by atoms with Gasteiger partial charge in [-0.2, -0.15) is 5.10 Å². The largest absolute Gasteiger partial charge is 0.494 e. The van der Waals surface area contributed by atoms with Crippen molar-refractivity contribution in [3.05, 3.63) is 77.1 Å². The van der Waals surface area contributed by atoms with E-state index in [1.807, 2.05) is 41.9 Å². The van der Waals surface area contributed by atoms with Gasteiger partial charge in [-0.05, 0) is 69.5 Å². The van der Waals surface area contributed by atoms with E-state index in [4.69, 9.17) is 9.47 Å². The van der Waals surface area contributed by atoms with Crippen LogP contribution in [0.1, 0.15) is 41.8 Å². The molecule has 2 aromatic carbocycles. The Balaban J connectivity index is 1.19. The lowest BCUT2D eigenvalue weighted by Crippen LogP contribution is -2.47. The zero-order chi connectivity index (χ0) is 24.0. The van der Waals surface area contributed by atoms with Crippen molar-refractivity contribution < 1.29 is 14.6 Å². The molecule has 6 heteroatoms. The molecule has 1 fully saturated rings. The van der Waals surface area contributed by atoms with Gasteiger partial charge >= 0.3 is 0 Å². The second-order valence-electron chi connectivity index (χ2n) is 9.60. The van der Waals surface area contributed by atoms with Gasteiger partial charge in [-0.1, -0.05) is 29.8 Å². The van der Waals surface area contributed by atoms with Crippen molar-refractivity contribution in [2.75, 3.05) is 26.3 Å². The fraction of sp³-hybridized carbons (Fsp3) is 0.464. The molecule has 0 amide bonds. The van der Waals surface area contributed by atoms with E-state index < -0.39 is 5.60 Å². The van der Waals surface area contributed by atoms with Gasteiger partial charge in [-0.25, -0.2) is 0 Å². The van der Waals surface area contributed by atoms with E-state index >= 15 is 0 Å². The number of hydrogen-bond acceptors (Lipinski definition) is 5. The molecule has 0 aliphatic carbocycles. The van der Waals surface area contributed by atoms with E-state index in [1.54, 1.807) is 0 Å². The highest BCUT2D eigenvalue weighted by Gasteiger charge is 2.33. The average Bonchev–Trinajstić information content (AvgIpc) is 3.15. The highest BCUT2D eigenvalue weighted by molar-refractivity contribution is 5.29. The van der Waals surface area contributed by atoms with Crippen molar-refractivity contribution in [2.45, 2.75) is 58.7 Å². The first-order valence-electron chi connectivity index (χ1n) is 12.3. The fourth-order valence-corrected chi connectivity index (χ4v) is 4.42. The van der Waals surface area contributed by atoms with Crippen LogP contribution in [0.4, 0.5) is 0 Å². The third kappa shape index (κ3) is 6.84. The summed E-state index contributed by atoms with van der Waals surface area (Å²) in [5, 5.41) is 15.5. The summed E-state index contributed by atoms with van der Waals surface area (Å²) in [5.74, 6) is 1.72. The summed E-state index contributed by atoms with van der Waals surface area (Å²) >= 11 is 0. The number of rotatable bonds is 10. The van der Waals surface area contributed by atoms with Gasteiger partial charge in [-0.3, -0.25) is 9.58 Å². The maximum Gasteiger partial charge on any atom is 0.119 e. The van der Waals surface area contributed by atoms with Crippen LogP contribution in [0.5, 0.6) is 11.5 Å². The van der Waals surface area contributed by atoms with Crippen LogP contribution in [0.3, 0.4) is 0 Å². The first-order valence-corrected chi connectivity index (χ1v) is 12.3. The summed E-state index contributed by atoms with van der Waals surface area (Å²) in [6.07, 6.45) is 2.34. The zero-order valence-corrected chi connectivity index (χ0v) is 20.7. The van der Waals surface area contributed by atoms with Gasteiger partial charge in [-0.15, -0.1) is 0 Å². The van der Waals surface area contributed by atoms with Crippen LogP contribution >= 0.6 is 0 Å². The topological polar surface area (TPSA) is 59.8 Å². The molecular formula is C28H37N3O3. The molecule has 6 nitrogen and oxygen atoms in total. The number of nitrogens with zero attached hydrogens (tertiary/aromatic N) is 3. The third-order valence-electron chi connectivity index (χ3n) is 6.51. The summed E-state index contributed by atoms with van der Waals surface area (Å²) < 4.78 is 13.9. The van der Waals surface area contributed by atoms with Gasteiger partial charge in [0, 0.05) is 38.3 Å². The number of piperidine rings is 1. The number of hydrogen-bond donors (Lipinski definition) is 1. The standard InChI is InChI=1S/C28H37N3O3/c1-22-8-10-26(11-9-22)34-21-28(32)12-15-30(16-13-28)20-25-6-4-7-27(19-25)33-17-5-14-31-24(3)18-23(2)29-31/h4,6-11,18-19,32H,5,12-17,20-21H2,1-3H3. The van der Waals surface area contributed by atoms with Crippen LogP contribution in [-0.4, -0.2) is 51.7 Å². The normalized spacial score (nSPS) is 15.9. The molecular weight excluding hydrogens is 426 g/mol. The predicted molar refractivity (Wildman–Crippen MR) is 134 cm³/mol. The van der Waals surface area contributed by atoms with Crippen LogP contribution in [0.15, 0.2) is 54.6 Å². The van der Waals surface area contributed by atoms with Crippen molar-refractivity contribution in [3.8, 4) is 11.5 Å². The Kier molecular flexibility index (Phi) is 7.91. The summed E-state index contributed by atoms with van der Waals surface area (Å²) in [6, 6.07) is 18.4. The van der Waals surface area contributed by atoms with E-state index in [0.717, 1.165) is 49.8 Å². The van der Waals surface area contributed by atoms with E-state index in [1.165, 1.54) is 16.8 Å². The lowest BCUT2D eigenvalue weighted by molar-refractivity contribution is -0.0537. The molecule has 0 saturated carbocycles. The van der Waals surface area contributed by atoms with E-state index in [9.17, 15) is 5.11 Å². The number of ether oxygens (including phenoxy) is 2. The number of aromatic nitrogens is 2. The smallest absolute Gasteiger partial charge is 0.119 e. The lowest BCUT2D eigenvalue weighted by Gasteiger charge is -2.38. The molecule has 1 aliphatic rings. The highest BCUT2D eigenvalue weighted by atomic mass is 16.5. The number of likely N-dealkylation sites (tertiary alicyclic amines) is 1. The molecule has 0 atom stereocenters. The van der Waals surface area contributed by atoms with Gasteiger partial charge in [0.1, 0.15) is 23.7 Å². The number of benzene rings is 2. The van der Waals surface area contributed by atoms with Crippen molar-refractivity contribution in [3.63, 3.8) is 0 Å². The Morgan fingerprint density at radius 1 is 0.941 bits per heavy atom. The molecule has 0 radical (unpaired) electrons.